The molecule has 2 heterocycles. The maximum Gasteiger partial charge on any atom is 0.210 e. The van der Waals surface area contributed by atoms with E-state index in [9.17, 15) is 9.59 Å². The van der Waals surface area contributed by atoms with Crippen LogP contribution in [0.2, 0.25) is 5.02 Å². The Labute approximate surface area is 165 Å². The molecule has 0 saturated carbocycles. The zero-order valence-corrected chi connectivity index (χ0v) is 15.3. The summed E-state index contributed by atoms with van der Waals surface area (Å²) in [5, 5.41) is 10.7. The molecule has 2 aromatic carbocycles. The number of halogens is 1. The van der Waals surface area contributed by atoms with Crippen molar-refractivity contribution in [3.8, 4) is 0 Å². The lowest BCUT2D eigenvalue weighted by Crippen LogP contribution is -2.31. The summed E-state index contributed by atoms with van der Waals surface area (Å²) in [6, 6.07) is 14.3. The molecule has 0 fully saturated rings. The van der Waals surface area contributed by atoms with E-state index < -0.39 is 0 Å². The van der Waals surface area contributed by atoms with Crippen LogP contribution in [0.15, 0.2) is 72.1 Å². The summed E-state index contributed by atoms with van der Waals surface area (Å²) >= 11 is 5.95. The molecule has 1 aliphatic heterocycles. The largest absolute Gasteiger partial charge is 0.337 e. The Balaban J connectivity index is 1.64. The van der Waals surface area contributed by atoms with Gasteiger partial charge in [0.05, 0.1) is 11.9 Å². The number of hydrogen-bond acceptors (Lipinski definition) is 4. The second-order valence-electron chi connectivity index (χ2n) is 6.71. The minimum atomic E-state index is -0.384. The lowest BCUT2D eigenvalue weighted by atomic mass is 9.77. The van der Waals surface area contributed by atoms with Gasteiger partial charge in [0.25, 0.3) is 0 Å². The number of rotatable bonds is 2. The van der Waals surface area contributed by atoms with Gasteiger partial charge in [0.15, 0.2) is 5.78 Å². The van der Waals surface area contributed by atoms with Gasteiger partial charge in [0.2, 0.25) is 5.78 Å². The second kappa shape index (κ2) is 6.32. The van der Waals surface area contributed by atoms with Crippen LogP contribution in [0.1, 0.15) is 37.8 Å². The highest BCUT2D eigenvalue weighted by Crippen LogP contribution is 2.42. The Bertz CT molecular complexity index is 1190. The van der Waals surface area contributed by atoms with Gasteiger partial charge in [-0.05, 0) is 17.7 Å². The third kappa shape index (κ3) is 2.52. The number of aromatic amines is 1. The Hall–Kier alpha value is -3.44. The number of carbonyl (C=O) groups excluding carboxylic acids is 2. The molecule has 1 unspecified atom stereocenters. The van der Waals surface area contributed by atoms with Gasteiger partial charge in [-0.25, -0.2) is 0 Å². The van der Waals surface area contributed by atoms with Gasteiger partial charge in [-0.1, -0.05) is 60.2 Å². The molecule has 5 rings (SSSR count). The van der Waals surface area contributed by atoms with Crippen LogP contribution in [0.4, 0.5) is 5.82 Å². The molecule has 28 heavy (non-hydrogen) atoms. The Kier molecular flexibility index (Phi) is 3.77. The first-order valence-corrected chi connectivity index (χ1v) is 9.18. The zero-order valence-electron chi connectivity index (χ0n) is 14.6. The van der Waals surface area contributed by atoms with Crippen molar-refractivity contribution in [2.24, 2.45) is 0 Å². The van der Waals surface area contributed by atoms with Gasteiger partial charge in [-0.2, -0.15) is 5.10 Å². The summed E-state index contributed by atoms with van der Waals surface area (Å²) in [5.41, 5.74) is 3.38. The summed E-state index contributed by atoms with van der Waals surface area (Å²) < 4.78 is 0. The number of carbonyl (C=O) groups is 2. The zero-order chi connectivity index (χ0) is 19.3. The average molecular weight is 388 g/mol. The van der Waals surface area contributed by atoms with Crippen molar-refractivity contribution in [2.45, 2.75) is 5.92 Å². The van der Waals surface area contributed by atoms with Gasteiger partial charge in [-0.3, -0.25) is 14.7 Å². The first-order valence-electron chi connectivity index (χ1n) is 8.80. The number of fused-ring (bicyclic) bond motifs is 2. The summed E-state index contributed by atoms with van der Waals surface area (Å²) in [7, 11) is 0. The van der Waals surface area contributed by atoms with Crippen LogP contribution >= 0.6 is 11.6 Å². The third-order valence-corrected chi connectivity index (χ3v) is 5.33. The van der Waals surface area contributed by atoms with E-state index in [0.29, 0.717) is 33.2 Å². The van der Waals surface area contributed by atoms with Gasteiger partial charge in [0.1, 0.15) is 5.82 Å². The molecule has 1 aromatic heterocycles. The Morgan fingerprint density at radius 1 is 0.964 bits per heavy atom. The maximum atomic E-state index is 13.3. The number of nitrogens with zero attached hydrogens (tertiary/aromatic N) is 1. The fraction of sp³-hybridized carbons (Fsp3) is 0.0455. The molecule has 136 valence electrons. The molecule has 0 radical (unpaired) electrons. The standard InChI is InChI=1S/C22H14ClN3O2/c23-13-8-5-12(6-9-13)7-10-14-17-11-24-26-22(17)25-19-18(14)20(27)15-3-1-2-4-16(15)21(19)28/h1-11,14H,(H2,24,25,26)/b10-7+. The molecule has 1 atom stereocenters. The van der Waals surface area contributed by atoms with E-state index in [4.69, 9.17) is 11.6 Å². The number of allylic oxidation sites excluding steroid dienone is 3. The van der Waals surface area contributed by atoms with Crippen LogP contribution in [0.3, 0.4) is 0 Å². The van der Waals surface area contributed by atoms with E-state index in [0.717, 1.165) is 11.1 Å². The number of ketones is 2. The van der Waals surface area contributed by atoms with Crippen LogP contribution in [-0.4, -0.2) is 21.8 Å². The molecule has 0 amide bonds. The first-order chi connectivity index (χ1) is 13.6. The Morgan fingerprint density at radius 2 is 1.68 bits per heavy atom. The van der Waals surface area contributed by atoms with Crippen molar-refractivity contribution in [3.05, 3.63) is 99.4 Å². The van der Waals surface area contributed by atoms with E-state index in [1.54, 1.807) is 30.5 Å². The maximum absolute atomic E-state index is 13.3. The van der Waals surface area contributed by atoms with Crippen molar-refractivity contribution >= 4 is 35.1 Å². The van der Waals surface area contributed by atoms with Crippen molar-refractivity contribution in [1.29, 1.82) is 0 Å². The number of Topliss-reactive ketones (excluding diaryl/α,β-unsaturated/α-hetero) is 2. The molecule has 0 saturated heterocycles. The highest BCUT2D eigenvalue weighted by Gasteiger charge is 2.40. The fourth-order valence-electron chi connectivity index (χ4n) is 3.71. The second-order valence-corrected chi connectivity index (χ2v) is 7.14. The van der Waals surface area contributed by atoms with Crippen molar-refractivity contribution in [3.63, 3.8) is 0 Å². The van der Waals surface area contributed by atoms with Crippen LogP contribution in [0.5, 0.6) is 0 Å². The number of anilines is 1. The molecule has 5 nitrogen and oxygen atoms in total. The van der Waals surface area contributed by atoms with E-state index >= 15 is 0 Å². The smallest absolute Gasteiger partial charge is 0.210 e. The van der Waals surface area contributed by atoms with Crippen molar-refractivity contribution < 1.29 is 9.59 Å². The molecule has 6 heteroatoms. The molecular formula is C22H14ClN3O2. The third-order valence-electron chi connectivity index (χ3n) is 5.07. The molecule has 0 bridgehead atoms. The summed E-state index contributed by atoms with van der Waals surface area (Å²) in [5.74, 6) is -0.0822. The molecule has 3 aromatic rings. The molecule has 2 aliphatic rings. The summed E-state index contributed by atoms with van der Waals surface area (Å²) in [6.07, 6.45) is 5.53. The minimum Gasteiger partial charge on any atom is -0.337 e. The molecule has 1 aliphatic carbocycles. The number of aromatic nitrogens is 2. The number of benzene rings is 2. The normalized spacial score (nSPS) is 18.0. The summed E-state index contributed by atoms with van der Waals surface area (Å²) in [6.45, 7) is 0. The fourth-order valence-corrected chi connectivity index (χ4v) is 3.83. The Morgan fingerprint density at radius 3 is 2.43 bits per heavy atom. The van der Waals surface area contributed by atoms with Gasteiger partial charge >= 0.3 is 0 Å². The highest BCUT2D eigenvalue weighted by atomic mass is 35.5. The van der Waals surface area contributed by atoms with E-state index in [1.165, 1.54) is 0 Å². The minimum absolute atomic E-state index is 0.143. The lowest BCUT2D eigenvalue weighted by Gasteiger charge is -2.29. The quantitative estimate of drug-likeness (QED) is 0.672. The predicted molar refractivity (Wildman–Crippen MR) is 108 cm³/mol. The van der Waals surface area contributed by atoms with E-state index in [1.807, 2.05) is 36.4 Å². The highest BCUT2D eigenvalue weighted by molar-refractivity contribution is 6.30. The average Bonchev–Trinajstić information content (AvgIpc) is 3.19. The number of hydrogen-bond donors (Lipinski definition) is 2. The number of nitrogens with one attached hydrogen (secondary N) is 2. The summed E-state index contributed by atoms with van der Waals surface area (Å²) in [4.78, 5) is 26.3. The van der Waals surface area contributed by atoms with Gasteiger partial charge < -0.3 is 5.32 Å². The van der Waals surface area contributed by atoms with E-state index in [-0.39, 0.29) is 17.5 Å². The number of H-pyrrole nitrogens is 1. The van der Waals surface area contributed by atoms with Crippen LogP contribution in [0, 0.1) is 0 Å². The lowest BCUT2D eigenvalue weighted by molar-refractivity contribution is 0.0971. The van der Waals surface area contributed by atoms with Crippen LogP contribution in [0.25, 0.3) is 6.08 Å². The van der Waals surface area contributed by atoms with Crippen LogP contribution < -0.4 is 5.32 Å². The molecule has 2 N–H and O–H groups in total. The molecular weight excluding hydrogens is 374 g/mol. The predicted octanol–water partition coefficient (Wildman–Crippen LogP) is 4.62. The van der Waals surface area contributed by atoms with Crippen LogP contribution in [-0.2, 0) is 0 Å². The molecule has 0 spiro atoms. The monoisotopic (exact) mass is 387 g/mol. The van der Waals surface area contributed by atoms with Crippen molar-refractivity contribution in [2.75, 3.05) is 5.32 Å². The van der Waals surface area contributed by atoms with E-state index in [2.05, 4.69) is 15.5 Å². The van der Waals surface area contributed by atoms with Crippen molar-refractivity contribution in [1.82, 2.24) is 10.2 Å². The van der Waals surface area contributed by atoms with Gasteiger partial charge in [-0.15, -0.1) is 0 Å². The first kappa shape index (κ1) is 16.7. The van der Waals surface area contributed by atoms with Gasteiger partial charge in [0, 0.05) is 33.2 Å². The topological polar surface area (TPSA) is 74.8 Å². The SMILES string of the molecule is O=C1C2=C(C(=O)c3ccccc31)C(/C=C/c1ccc(Cl)cc1)c1cn[nH]c1N2.